The lowest BCUT2D eigenvalue weighted by Gasteiger charge is -2.22. The SMILES string of the molecule is CCCC(C)(N)C(=O)c1ccc(CC)cc1. The minimum absolute atomic E-state index is 0.0389. The topological polar surface area (TPSA) is 43.1 Å². The van der Waals surface area contributed by atoms with Crippen LogP contribution in [0.2, 0.25) is 0 Å². The molecule has 0 amide bonds. The van der Waals surface area contributed by atoms with Crippen LogP contribution in [0.15, 0.2) is 24.3 Å². The number of carbonyl (C=O) groups excluding carboxylic acids is 1. The van der Waals surface area contributed by atoms with Crippen LogP contribution in [0.25, 0.3) is 0 Å². The van der Waals surface area contributed by atoms with Gasteiger partial charge in [-0.2, -0.15) is 0 Å². The van der Waals surface area contributed by atoms with Gasteiger partial charge in [-0.25, -0.2) is 0 Å². The fourth-order valence-corrected chi connectivity index (χ4v) is 1.85. The number of benzene rings is 1. The van der Waals surface area contributed by atoms with Crippen LogP contribution >= 0.6 is 0 Å². The largest absolute Gasteiger partial charge is 0.319 e. The number of Topliss-reactive ketones (excluding diaryl/α,β-unsaturated/α-hetero) is 1. The van der Waals surface area contributed by atoms with Gasteiger partial charge < -0.3 is 5.73 Å². The standard InChI is InChI=1S/C14H21NO/c1-4-10-14(3,15)13(16)12-8-6-11(5-2)7-9-12/h6-9H,4-5,10,15H2,1-3H3. The van der Waals surface area contributed by atoms with Crippen LogP contribution in [0.3, 0.4) is 0 Å². The highest BCUT2D eigenvalue weighted by atomic mass is 16.1. The van der Waals surface area contributed by atoms with Gasteiger partial charge in [-0.15, -0.1) is 0 Å². The second kappa shape index (κ2) is 5.26. The van der Waals surface area contributed by atoms with E-state index in [1.165, 1.54) is 5.56 Å². The number of hydrogen-bond donors (Lipinski definition) is 1. The van der Waals surface area contributed by atoms with Gasteiger partial charge in [-0.1, -0.05) is 44.5 Å². The Morgan fingerprint density at radius 1 is 1.25 bits per heavy atom. The van der Waals surface area contributed by atoms with Crippen LogP contribution in [0, 0.1) is 0 Å². The number of nitrogens with two attached hydrogens (primary N) is 1. The van der Waals surface area contributed by atoms with E-state index < -0.39 is 5.54 Å². The summed E-state index contributed by atoms with van der Waals surface area (Å²) in [6.07, 6.45) is 2.64. The minimum atomic E-state index is -0.734. The Labute approximate surface area is 97.9 Å². The van der Waals surface area contributed by atoms with Gasteiger partial charge >= 0.3 is 0 Å². The first-order valence-corrected chi connectivity index (χ1v) is 5.94. The lowest BCUT2D eigenvalue weighted by Crippen LogP contribution is -2.44. The number of aryl methyl sites for hydroxylation is 1. The fraction of sp³-hybridized carbons (Fsp3) is 0.500. The zero-order valence-corrected chi connectivity index (χ0v) is 10.4. The quantitative estimate of drug-likeness (QED) is 0.774. The Bertz CT molecular complexity index is 352. The Morgan fingerprint density at radius 3 is 2.25 bits per heavy atom. The summed E-state index contributed by atoms with van der Waals surface area (Å²) in [5, 5.41) is 0. The summed E-state index contributed by atoms with van der Waals surface area (Å²) in [5.74, 6) is 0.0389. The first-order valence-electron chi connectivity index (χ1n) is 5.94. The number of hydrogen-bond acceptors (Lipinski definition) is 2. The number of rotatable bonds is 5. The smallest absolute Gasteiger partial charge is 0.182 e. The monoisotopic (exact) mass is 219 g/mol. The normalized spacial score (nSPS) is 14.5. The van der Waals surface area contributed by atoms with Gasteiger partial charge in [0.2, 0.25) is 0 Å². The lowest BCUT2D eigenvalue weighted by molar-refractivity contribution is 0.0893. The molecule has 0 aliphatic rings. The van der Waals surface area contributed by atoms with E-state index in [4.69, 9.17) is 5.73 Å². The van der Waals surface area contributed by atoms with Crippen LogP contribution in [0.5, 0.6) is 0 Å². The van der Waals surface area contributed by atoms with Gasteiger partial charge in [0, 0.05) is 5.56 Å². The third-order valence-electron chi connectivity index (χ3n) is 2.91. The van der Waals surface area contributed by atoms with Crippen LogP contribution in [-0.4, -0.2) is 11.3 Å². The summed E-state index contributed by atoms with van der Waals surface area (Å²) in [6, 6.07) is 7.74. The summed E-state index contributed by atoms with van der Waals surface area (Å²) in [6.45, 7) is 5.95. The Balaban J connectivity index is 2.87. The van der Waals surface area contributed by atoms with E-state index in [0.717, 1.165) is 24.8 Å². The Hall–Kier alpha value is -1.15. The molecule has 1 aromatic carbocycles. The molecule has 0 heterocycles. The minimum Gasteiger partial charge on any atom is -0.319 e. The zero-order chi connectivity index (χ0) is 12.2. The predicted molar refractivity (Wildman–Crippen MR) is 67.7 cm³/mol. The highest BCUT2D eigenvalue weighted by Crippen LogP contribution is 2.17. The van der Waals surface area contributed by atoms with E-state index in [1.807, 2.05) is 38.1 Å². The average molecular weight is 219 g/mol. The molecule has 0 radical (unpaired) electrons. The van der Waals surface area contributed by atoms with Gasteiger partial charge in [0.25, 0.3) is 0 Å². The molecule has 2 N–H and O–H groups in total. The highest BCUT2D eigenvalue weighted by molar-refractivity contribution is 6.02. The van der Waals surface area contributed by atoms with Gasteiger partial charge in [0.15, 0.2) is 5.78 Å². The molecule has 0 saturated heterocycles. The first kappa shape index (κ1) is 12.9. The summed E-state index contributed by atoms with van der Waals surface area (Å²) < 4.78 is 0. The van der Waals surface area contributed by atoms with Gasteiger partial charge in [-0.05, 0) is 25.3 Å². The van der Waals surface area contributed by atoms with E-state index in [9.17, 15) is 4.79 Å². The molecule has 88 valence electrons. The molecule has 0 aliphatic heterocycles. The molecule has 2 nitrogen and oxygen atoms in total. The van der Waals surface area contributed by atoms with Crippen molar-refractivity contribution in [2.75, 3.05) is 0 Å². The summed E-state index contributed by atoms with van der Waals surface area (Å²) >= 11 is 0. The molecular weight excluding hydrogens is 198 g/mol. The van der Waals surface area contributed by atoms with E-state index in [2.05, 4.69) is 6.92 Å². The molecule has 0 bridgehead atoms. The van der Waals surface area contributed by atoms with Crippen molar-refractivity contribution in [2.45, 2.75) is 45.6 Å². The number of ketones is 1. The van der Waals surface area contributed by atoms with Crippen LogP contribution in [0.4, 0.5) is 0 Å². The maximum atomic E-state index is 12.1. The Kier molecular flexibility index (Phi) is 4.25. The van der Waals surface area contributed by atoms with Crippen molar-refractivity contribution >= 4 is 5.78 Å². The molecule has 1 unspecified atom stereocenters. The zero-order valence-electron chi connectivity index (χ0n) is 10.4. The third kappa shape index (κ3) is 2.92. The first-order chi connectivity index (χ1) is 7.51. The van der Waals surface area contributed by atoms with Crippen molar-refractivity contribution in [3.8, 4) is 0 Å². The van der Waals surface area contributed by atoms with Gasteiger partial charge in [0.1, 0.15) is 0 Å². The van der Waals surface area contributed by atoms with E-state index >= 15 is 0 Å². The molecule has 0 aliphatic carbocycles. The van der Waals surface area contributed by atoms with E-state index in [0.29, 0.717) is 0 Å². The second-order valence-electron chi connectivity index (χ2n) is 4.55. The molecule has 0 spiro atoms. The summed E-state index contributed by atoms with van der Waals surface area (Å²) in [4.78, 5) is 12.1. The van der Waals surface area contributed by atoms with Crippen LogP contribution in [0.1, 0.15) is 49.5 Å². The third-order valence-corrected chi connectivity index (χ3v) is 2.91. The molecule has 2 heteroatoms. The van der Waals surface area contributed by atoms with Crippen molar-refractivity contribution < 1.29 is 4.79 Å². The number of carbonyl (C=O) groups is 1. The molecule has 0 saturated carbocycles. The van der Waals surface area contributed by atoms with Crippen LogP contribution < -0.4 is 5.73 Å². The maximum absolute atomic E-state index is 12.1. The van der Waals surface area contributed by atoms with Crippen molar-refractivity contribution in [1.29, 1.82) is 0 Å². The predicted octanol–water partition coefficient (Wildman–Crippen LogP) is 2.95. The average Bonchev–Trinajstić information content (AvgIpc) is 2.28. The highest BCUT2D eigenvalue weighted by Gasteiger charge is 2.27. The van der Waals surface area contributed by atoms with Crippen molar-refractivity contribution in [1.82, 2.24) is 0 Å². The second-order valence-corrected chi connectivity index (χ2v) is 4.55. The van der Waals surface area contributed by atoms with E-state index in [1.54, 1.807) is 0 Å². The van der Waals surface area contributed by atoms with E-state index in [-0.39, 0.29) is 5.78 Å². The molecule has 16 heavy (non-hydrogen) atoms. The maximum Gasteiger partial charge on any atom is 0.182 e. The lowest BCUT2D eigenvalue weighted by atomic mass is 9.88. The molecule has 1 rings (SSSR count). The van der Waals surface area contributed by atoms with Crippen molar-refractivity contribution in [3.63, 3.8) is 0 Å². The van der Waals surface area contributed by atoms with Crippen LogP contribution in [-0.2, 0) is 6.42 Å². The summed E-state index contributed by atoms with van der Waals surface area (Å²) in [5.41, 5.74) is 7.25. The van der Waals surface area contributed by atoms with Crippen molar-refractivity contribution in [2.24, 2.45) is 5.73 Å². The Morgan fingerprint density at radius 2 is 1.81 bits per heavy atom. The van der Waals surface area contributed by atoms with Gasteiger partial charge in [-0.3, -0.25) is 4.79 Å². The summed E-state index contributed by atoms with van der Waals surface area (Å²) in [7, 11) is 0. The van der Waals surface area contributed by atoms with Crippen molar-refractivity contribution in [3.05, 3.63) is 35.4 Å². The van der Waals surface area contributed by atoms with Gasteiger partial charge in [0.05, 0.1) is 5.54 Å². The molecule has 1 aromatic rings. The molecule has 0 fully saturated rings. The fourth-order valence-electron chi connectivity index (χ4n) is 1.85. The molecular formula is C14H21NO. The molecule has 1 atom stereocenters. The molecule has 0 aromatic heterocycles.